The topological polar surface area (TPSA) is 20.3 Å². The average Bonchev–Trinajstić information content (AvgIpc) is 2.57. The highest BCUT2D eigenvalue weighted by Gasteiger charge is 2.38. The Hall–Kier alpha value is -2.61. The number of aryl methyl sites for hydroxylation is 1. The zero-order valence-electron chi connectivity index (χ0n) is 12.4. The maximum Gasteiger partial charge on any atom is 0.259 e. The molecule has 2 aromatic rings. The van der Waals surface area contributed by atoms with Crippen molar-refractivity contribution in [1.29, 1.82) is 0 Å². The van der Waals surface area contributed by atoms with Gasteiger partial charge in [-0.05, 0) is 30.2 Å². The normalized spacial score (nSPS) is 22.4. The van der Waals surface area contributed by atoms with Gasteiger partial charge in [0, 0.05) is 17.2 Å². The van der Waals surface area contributed by atoms with Gasteiger partial charge in [-0.1, -0.05) is 60.7 Å². The van der Waals surface area contributed by atoms with Crippen molar-refractivity contribution in [2.24, 2.45) is 0 Å². The van der Waals surface area contributed by atoms with E-state index < -0.39 is 0 Å². The number of allylic oxidation sites excluding steroid dienone is 2. The van der Waals surface area contributed by atoms with Gasteiger partial charge in [-0.2, -0.15) is 0 Å². The Kier molecular flexibility index (Phi) is 2.97. The number of hydrogen-bond donors (Lipinski definition) is 0. The van der Waals surface area contributed by atoms with Crippen molar-refractivity contribution in [1.82, 2.24) is 0 Å². The van der Waals surface area contributed by atoms with E-state index >= 15 is 0 Å². The summed E-state index contributed by atoms with van der Waals surface area (Å²) in [6.07, 6.45) is 8.43. The van der Waals surface area contributed by atoms with E-state index in [1.807, 2.05) is 47.4 Å². The van der Waals surface area contributed by atoms with E-state index in [0.717, 1.165) is 22.4 Å². The highest BCUT2D eigenvalue weighted by Crippen LogP contribution is 2.39. The number of fused-ring (bicyclic) bond motifs is 3. The van der Waals surface area contributed by atoms with E-state index in [0.29, 0.717) is 0 Å². The number of carbonyl (C=O) groups excluding carboxylic acids is 1. The van der Waals surface area contributed by atoms with Crippen molar-refractivity contribution >= 4 is 11.6 Å². The molecule has 0 radical (unpaired) electrons. The zero-order valence-corrected chi connectivity index (χ0v) is 12.4. The highest BCUT2D eigenvalue weighted by molar-refractivity contribution is 6.10. The average molecular weight is 287 g/mol. The van der Waals surface area contributed by atoms with Crippen LogP contribution in [0.15, 0.2) is 72.8 Å². The fourth-order valence-electron chi connectivity index (χ4n) is 3.48. The molecule has 108 valence electrons. The van der Waals surface area contributed by atoms with Crippen LogP contribution in [0.4, 0.5) is 5.69 Å². The predicted octanol–water partition coefficient (Wildman–Crippen LogP) is 4.23. The highest BCUT2D eigenvalue weighted by atomic mass is 16.2. The third-order valence-electron chi connectivity index (χ3n) is 4.55. The summed E-state index contributed by atoms with van der Waals surface area (Å²) < 4.78 is 0. The number of nitrogens with zero attached hydrogens (tertiary/aromatic N) is 1. The Morgan fingerprint density at radius 1 is 0.909 bits per heavy atom. The van der Waals surface area contributed by atoms with Crippen molar-refractivity contribution in [3.05, 3.63) is 89.5 Å². The van der Waals surface area contributed by atoms with Crippen molar-refractivity contribution in [3.8, 4) is 0 Å². The van der Waals surface area contributed by atoms with E-state index in [2.05, 4.69) is 37.3 Å². The molecule has 1 aliphatic carbocycles. The Morgan fingerprint density at radius 2 is 1.64 bits per heavy atom. The number of amides is 1. The second-order valence-electron chi connectivity index (χ2n) is 5.84. The van der Waals surface area contributed by atoms with Crippen LogP contribution in [-0.2, 0) is 0 Å². The van der Waals surface area contributed by atoms with Crippen LogP contribution in [0, 0.1) is 6.92 Å². The first-order valence-electron chi connectivity index (χ1n) is 7.60. The van der Waals surface area contributed by atoms with Gasteiger partial charge in [0.05, 0.1) is 6.04 Å². The first-order chi connectivity index (χ1) is 10.8. The van der Waals surface area contributed by atoms with Crippen molar-refractivity contribution in [2.75, 3.05) is 4.90 Å². The van der Waals surface area contributed by atoms with Gasteiger partial charge in [-0.3, -0.25) is 4.79 Å². The van der Waals surface area contributed by atoms with Gasteiger partial charge in [0.25, 0.3) is 5.91 Å². The summed E-state index contributed by atoms with van der Waals surface area (Å²) in [6.45, 7) is 2.06. The molecule has 0 saturated carbocycles. The molecule has 1 aliphatic heterocycles. The molecule has 4 rings (SSSR count). The standard InChI is InChI=1S/C20H17NO/c1-14-8-2-6-12-18(14)21-19-13-7-5-10-16(19)15-9-3-4-11-17(15)20(21)22/h2-13,16,19H,1H3. The van der Waals surface area contributed by atoms with Crippen LogP contribution in [0.25, 0.3) is 0 Å². The lowest BCUT2D eigenvalue weighted by Gasteiger charge is -2.41. The largest absolute Gasteiger partial charge is 0.300 e. The van der Waals surface area contributed by atoms with Crippen LogP contribution in [0.5, 0.6) is 0 Å². The summed E-state index contributed by atoms with van der Waals surface area (Å²) in [5, 5.41) is 0. The molecule has 2 atom stereocenters. The predicted molar refractivity (Wildman–Crippen MR) is 89.2 cm³/mol. The van der Waals surface area contributed by atoms with Gasteiger partial charge >= 0.3 is 0 Å². The summed E-state index contributed by atoms with van der Waals surface area (Å²) in [6, 6.07) is 16.1. The lowest BCUT2D eigenvalue weighted by atomic mass is 9.80. The van der Waals surface area contributed by atoms with E-state index in [1.165, 1.54) is 0 Å². The van der Waals surface area contributed by atoms with Crippen LogP contribution in [-0.4, -0.2) is 11.9 Å². The molecule has 2 unspecified atom stereocenters. The second kappa shape index (κ2) is 4.99. The van der Waals surface area contributed by atoms with Gasteiger partial charge in [-0.15, -0.1) is 0 Å². The molecule has 0 aromatic heterocycles. The fraction of sp³-hybridized carbons (Fsp3) is 0.150. The Bertz CT molecular complexity index is 803. The number of hydrogen-bond acceptors (Lipinski definition) is 1. The quantitative estimate of drug-likeness (QED) is 0.768. The molecule has 2 aromatic carbocycles. The van der Waals surface area contributed by atoms with Crippen LogP contribution in [0.1, 0.15) is 27.4 Å². The molecule has 2 heteroatoms. The number of carbonyl (C=O) groups is 1. The molecule has 22 heavy (non-hydrogen) atoms. The van der Waals surface area contributed by atoms with Gasteiger partial charge in [0.1, 0.15) is 0 Å². The molecular formula is C20H17NO. The maximum absolute atomic E-state index is 13.1. The first-order valence-corrected chi connectivity index (χ1v) is 7.60. The van der Waals surface area contributed by atoms with E-state index in [1.54, 1.807) is 0 Å². The minimum atomic E-state index is 0.0495. The summed E-state index contributed by atoms with van der Waals surface area (Å²) in [4.78, 5) is 15.0. The van der Waals surface area contributed by atoms with Crippen LogP contribution in [0.2, 0.25) is 0 Å². The lowest BCUT2D eigenvalue weighted by molar-refractivity contribution is 0.0970. The van der Waals surface area contributed by atoms with Gasteiger partial charge < -0.3 is 4.90 Å². The summed E-state index contributed by atoms with van der Waals surface area (Å²) in [5.74, 6) is 0.310. The Labute approximate surface area is 130 Å². The molecule has 1 amide bonds. The minimum absolute atomic E-state index is 0.0495. The molecule has 0 spiro atoms. The number of anilines is 1. The smallest absolute Gasteiger partial charge is 0.259 e. The van der Waals surface area contributed by atoms with Crippen LogP contribution >= 0.6 is 0 Å². The molecule has 2 nitrogen and oxygen atoms in total. The van der Waals surface area contributed by atoms with Crippen LogP contribution < -0.4 is 4.90 Å². The van der Waals surface area contributed by atoms with Crippen molar-refractivity contribution in [3.63, 3.8) is 0 Å². The SMILES string of the molecule is Cc1ccccc1N1C(=O)c2ccccc2C2C=CC=CC21. The third-order valence-corrected chi connectivity index (χ3v) is 4.55. The summed E-state index contributed by atoms with van der Waals surface area (Å²) in [7, 11) is 0. The first kappa shape index (κ1) is 13.1. The Balaban J connectivity index is 1.93. The second-order valence-corrected chi connectivity index (χ2v) is 5.84. The van der Waals surface area contributed by atoms with Gasteiger partial charge in [0.2, 0.25) is 0 Å². The minimum Gasteiger partial charge on any atom is -0.300 e. The molecule has 2 aliphatic rings. The number of para-hydroxylation sites is 1. The van der Waals surface area contributed by atoms with E-state index in [9.17, 15) is 4.79 Å². The van der Waals surface area contributed by atoms with E-state index in [4.69, 9.17) is 0 Å². The summed E-state index contributed by atoms with van der Waals surface area (Å²) in [5.41, 5.74) is 4.06. The third kappa shape index (κ3) is 1.84. The summed E-state index contributed by atoms with van der Waals surface area (Å²) >= 11 is 0. The molecular weight excluding hydrogens is 270 g/mol. The maximum atomic E-state index is 13.1. The fourth-order valence-corrected chi connectivity index (χ4v) is 3.48. The Morgan fingerprint density at radius 3 is 2.50 bits per heavy atom. The molecule has 1 heterocycles. The van der Waals surface area contributed by atoms with Gasteiger partial charge in [0.15, 0.2) is 0 Å². The van der Waals surface area contributed by atoms with Crippen LogP contribution in [0.3, 0.4) is 0 Å². The van der Waals surface area contributed by atoms with Gasteiger partial charge in [-0.25, -0.2) is 0 Å². The number of rotatable bonds is 1. The number of benzene rings is 2. The van der Waals surface area contributed by atoms with Crippen molar-refractivity contribution in [2.45, 2.75) is 18.9 Å². The molecule has 0 saturated heterocycles. The molecule has 0 fully saturated rings. The monoisotopic (exact) mass is 287 g/mol. The molecule has 0 bridgehead atoms. The zero-order chi connectivity index (χ0) is 15.1. The van der Waals surface area contributed by atoms with Crippen molar-refractivity contribution < 1.29 is 4.79 Å². The lowest BCUT2D eigenvalue weighted by Crippen LogP contribution is -2.47. The molecule has 0 N–H and O–H groups in total. The van der Waals surface area contributed by atoms with E-state index in [-0.39, 0.29) is 17.9 Å².